The van der Waals surface area contributed by atoms with Gasteiger partial charge in [-0.05, 0) is 19.8 Å². The minimum absolute atomic E-state index is 0.0324. The molecule has 4 nitrogen and oxygen atoms in total. The summed E-state index contributed by atoms with van der Waals surface area (Å²) >= 11 is 0. The summed E-state index contributed by atoms with van der Waals surface area (Å²) in [6, 6.07) is 0.324. The van der Waals surface area contributed by atoms with Crippen molar-refractivity contribution >= 4 is 5.91 Å². The number of rotatable bonds is 2. The maximum atomic E-state index is 12.1. The Hall–Kier alpha value is -1.45. The molecule has 1 N–H and O–H groups in total. The molecular formula is C13H19N3O. The van der Waals surface area contributed by atoms with E-state index in [0.29, 0.717) is 11.6 Å². The second-order valence-electron chi connectivity index (χ2n) is 4.68. The minimum Gasteiger partial charge on any atom is -0.349 e. The normalized spacial score (nSPS) is 17.5. The van der Waals surface area contributed by atoms with E-state index < -0.39 is 0 Å². The van der Waals surface area contributed by atoms with Crippen LogP contribution in [0.1, 0.15) is 54.6 Å². The Kier molecular flexibility index (Phi) is 4.07. The first kappa shape index (κ1) is 12.0. The van der Waals surface area contributed by atoms with Gasteiger partial charge in [-0.1, -0.05) is 25.7 Å². The van der Waals surface area contributed by atoms with Gasteiger partial charge in [0.1, 0.15) is 6.33 Å². The molecule has 4 heteroatoms. The fourth-order valence-corrected chi connectivity index (χ4v) is 2.30. The lowest BCUT2D eigenvalue weighted by atomic mass is 10.1. The number of aryl methyl sites for hydroxylation is 1. The van der Waals surface area contributed by atoms with Crippen LogP contribution in [0, 0.1) is 6.92 Å². The largest absolute Gasteiger partial charge is 0.349 e. The highest BCUT2D eigenvalue weighted by Crippen LogP contribution is 2.17. The van der Waals surface area contributed by atoms with Gasteiger partial charge in [-0.3, -0.25) is 4.79 Å². The molecule has 2 rings (SSSR count). The highest BCUT2D eigenvalue weighted by atomic mass is 16.1. The van der Waals surface area contributed by atoms with Gasteiger partial charge in [0, 0.05) is 12.2 Å². The van der Waals surface area contributed by atoms with Crippen molar-refractivity contribution in [2.75, 3.05) is 0 Å². The summed E-state index contributed by atoms with van der Waals surface area (Å²) in [5.41, 5.74) is 1.34. The van der Waals surface area contributed by atoms with E-state index in [1.54, 1.807) is 6.20 Å². The molecule has 0 saturated heterocycles. The molecule has 1 aliphatic rings. The van der Waals surface area contributed by atoms with Crippen molar-refractivity contribution in [3.05, 3.63) is 23.8 Å². The van der Waals surface area contributed by atoms with Crippen LogP contribution in [0.4, 0.5) is 0 Å². The molecule has 1 aromatic rings. The van der Waals surface area contributed by atoms with Crippen molar-refractivity contribution in [3.8, 4) is 0 Å². The smallest absolute Gasteiger partial charge is 0.254 e. The Morgan fingerprint density at radius 3 is 2.65 bits per heavy atom. The summed E-state index contributed by atoms with van der Waals surface area (Å²) in [5, 5.41) is 3.10. The van der Waals surface area contributed by atoms with Crippen LogP contribution in [-0.2, 0) is 0 Å². The monoisotopic (exact) mass is 233 g/mol. The van der Waals surface area contributed by atoms with E-state index in [1.807, 2.05) is 6.92 Å². The number of hydrogen-bond donors (Lipinski definition) is 1. The third-order valence-electron chi connectivity index (χ3n) is 3.35. The van der Waals surface area contributed by atoms with Crippen LogP contribution in [0.5, 0.6) is 0 Å². The van der Waals surface area contributed by atoms with Gasteiger partial charge >= 0.3 is 0 Å². The molecule has 0 aliphatic heterocycles. The van der Waals surface area contributed by atoms with Gasteiger partial charge in [-0.15, -0.1) is 0 Å². The maximum absolute atomic E-state index is 12.1. The lowest BCUT2D eigenvalue weighted by molar-refractivity contribution is 0.0932. The minimum atomic E-state index is -0.0324. The van der Waals surface area contributed by atoms with E-state index in [1.165, 1.54) is 32.0 Å². The Morgan fingerprint density at radius 1 is 1.29 bits per heavy atom. The highest BCUT2D eigenvalue weighted by molar-refractivity contribution is 5.95. The van der Waals surface area contributed by atoms with E-state index in [2.05, 4.69) is 15.3 Å². The number of hydrogen-bond acceptors (Lipinski definition) is 3. The number of nitrogens with one attached hydrogen (secondary N) is 1. The van der Waals surface area contributed by atoms with Crippen molar-refractivity contribution in [1.82, 2.24) is 15.3 Å². The average molecular weight is 233 g/mol. The van der Waals surface area contributed by atoms with Gasteiger partial charge in [0.25, 0.3) is 5.91 Å². The fraction of sp³-hybridized carbons (Fsp3) is 0.615. The summed E-state index contributed by atoms with van der Waals surface area (Å²) in [6.07, 6.45) is 10.3. The predicted octanol–water partition coefficient (Wildman–Crippen LogP) is 2.24. The van der Waals surface area contributed by atoms with Crippen LogP contribution in [0.3, 0.4) is 0 Å². The molecule has 1 saturated carbocycles. The Bertz CT molecular complexity index is 384. The van der Waals surface area contributed by atoms with E-state index in [-0.39, 0.29) is 5.91 Å². The summed E-state index contributed by atoms with van der Waals surface area (Å²) < 4.78 is 0. The van der Waals surface area contributed by atoms with Crippen LogP contribution in [-0.4, -0.2) is 21.9 Å². The first-order chi connectivity index (χ1) is 8.27. The predicted molar refractivity (Wildman–Crippen MR) is 65.7 cm³/mol. The van der Waals surface area contributed by atoms with Crippen molar-refractivity contribution in [3.63, 3.8) is 0 Å². The fourth-order valence-electron chi connectivity index (χ4n) is 2.30. The number of aromatic nitrogens is 2. The summed E-state index contributed by atoms with van der Waals surface area (Å²) in [4.78, 5) is 20.0. The molecule has 1 fully saturated rings. The summed E-state index contributed by atoms with van der Waals surface area (Å²) in [6.45, 7) is 1.84. The van der Waals surface area contributed by atoms with Crippen LogP contribution in [0.25, 0.3) is 0 Å². The number of amides is 1. The third kappa shape index (κ3) is 3.25. The SMILES string of the molecule is Cc1ncncc1C(=O)NC1CCCCCC1. The molecule has 92 valence electrons. The highest BCUT2D eigenvalue weighted by Gasteiger charge is 2.17. The first-order valence-corrected chi connectivity index (χ1v) is 6.35. The lowest BCUT2D eigenvalue weighted by Crippen LogP contribution is -2.34. The third-order valence-corrected chi connectivity index (χ3v) is 3.35. The molecule has 0 bridgehead atoms. The molecule has 1 aromatic heterocycles. The zero-order valence-corrected chi connectivity index (χ0v) is 10.3. The second-order valence-corrected chi connectivity index (χ2v) is 4.68. The zero-order chi connectivity index (χ0) is 12.1. The van der Waals surface area contributed by atoms with Crippen molar-refractivity contribution < 1.29 is 4.79 Å². The summed E-state index contributed by atoms with van der Waals surface area (Å²) in [5.74, 6) is -0.0324. The van der Waals surface area contributed by atoms with E-state index in [0.717, 1.165) is 18.5 Å². The van der Waals surface area contributed by atoms with Gasteiger partial charge in [0.2, 0.25) is 0 Å². The molecule has 0 unspecified atom stereocenters. The molecule has 0 atom stereocenters. The van der Waals surface area contributed by atoms with Gasteiger partial charge in [0.05, 0.1) is 11.3 Å². The van der Waals surface area contributed by atoms with Crippen LogP contribution >= 0.6 is 0 Å². The molecule has 1 heterocycles. The standard InChI is InChI=1S/C13H19N3O/c1-10-12(8-14-9-15-10)13(17)16-11-6-4-2-3-5-7-11/h8-9,11H,2-7H2,1H3,(H,16,17). The maximum Gasteiger partial charge on any atom is 0.254 e. The first-order valence-electron chi connectivity index (χ1n) is 6.35. The molecule has 17 heavy (non-hydrogen) atoms. The molecule has 0 radical (unpaired) electrons. The van der Waals surface area contributed by atoms with Gasteiger partial charge in [0.15, 0.2) is 0 Å². The Morgan fingerprint density at radius 2 is 2.00 bits per heavy atom. The summed E-state index contributed by atoms with van der Waals surface area (Å²) in [7, 11) is 0. The number of nitrogens with zero attached hydrogens (tertiary/aromatic N) is 2. The molecule has 0 spiro atoms. The van der Waals surface area contributed by atoms with Gasteiger partial charge < -0.3 is 5.32 Å². The molecule has 0 aromatic carbocycles. The van der Waals surface area contributed by atoms with Crippen LogP contribution in [0.15, 0.2) is 12.5 Å². The van der Waals surface area contributed by atoms with Crippen LogP contribution in [0.2, 0.25) is 0 Å². The van der Waals surface area contributed by atoms with Gasteiger partial charge in [-0.25, -0.2) is 9.97 Å². The average Bonchev–Trinajstić information content (AvgIpc) is 2.58. The van der Waals surface area contributed by atoms with Crippen molar-refractivity contribution in [1.29, 1.82) is 0 Å². The molecule has 1 amide bonds. The Balaban J connectivity index is 1.98. The quantitative estimate of drug-likeness (QED) is 0.797. The van der Waals surface area contributed by atoms with Crippen molar-refractivity contribution in [2.24, 2.45) is 0 Å². The zero-order valence-electron chi connectivity index (χ0n) is 10.3. The number of carbonyl (C=O) groups is 1. The van der Waals surface area contributed by atoms with Crippen molar-refractivity contribution in [2.45, 2.75) is 51.5 Å². The van der Waals surface area contributed by atoms with E-state index in [4.69, 9.17) is 0 Å². The number of carbonyl (C=O) groups excluding carboxylic acids is 1. The lowest BCUT2D eigenvalue weighted by Gasteiger charge is -2.16. The van der Waals surface area contributed by atoms with E-state index >= 15 is 0 Å². The van der Waals surface area contributed by atoms with Crippen LogP contribution < -0.4 is 5.32 Å². The Labute approximate surface area is 102 Å². The second kappa shape index (κ2) is 5.75. The molecule has 1 aliphatic carbocycles. The molecular weight excluding hydrogens is 214 g/mol. The van der Waals surface area contributed by atoms with E-state index in [9.17, 15) is 4.79 Å². The van der Waals surface area contributed by atoms with Gasteiger partial charge in [-0.2, -0.15) is 0 Å². The topological polar surface area (TPSA) is 54.9 Å².